The molecule has 1 fully saturated rings. The predicted molar refractivity (Wildman–Crippen MR) is 121 cm³/mol. The van der Waals surface area contributed by atoms with E-state index in [0.717, 1.165) is 35.0 Å². The summed E-state index contributed by atoms with van der Waals surface area (Å²) in [6, 6.07) is 5.96. The molecule has 0 bridgehead atoms. The van der Waals surface area contributed by atoms with Gasteiger partial charge in [-0.1, -0.05) is 17.4 Å². The Morgan fingerprint density at radius 3 is 2.74 bits per heavy atom. The van der Waals surface area contributed by atoms with E-state index < -0.39 is 33.2 Å². The number of hydrogen-bond acceptors (Lipinski definition) is 6. The molecule has 0 radical (unpaired) electrons. The highest BCUT2D eigenvalue weighted by atomic mass is 32.2. The van der Waals surface area contributed by atoms with E-state index in [4.69, 9.17) is 4.74 Å². The zero-order valence-corrected chi connectivity index (χ0v) is 19.8. The van der Waals surface area contributed by atoms with Crippen molar-refractivity contribution in [2.75, 3.05) is 31.8 Å². The summed E-state index contributed by atoms with van der Waals surface area (Å²) in [6.07, 6.45) is 2.77. The van der Waals surface area contributed by atoms with Crippen molar-refractivity contribution in [3.63, 3.8) is 0 Å². The Kier molecular flexibility index (Phi) is 7.66. The lowest BCUT2D eigenvalue weighted by molar-refractivity contribution is -0.131. The molecule has 1 atom stereocenters. The van der Waals surface area contributed by atoms with Gasteiger partial charge >= 0.3 is 0 Å². The summed E-state index contributed by atoms with van der Waals surface area (Å²) >= 11 is 1.33. The lowest BCUT2D eigenvalue weighted by Gasteiger charge is -2.33. The Balaban J connectivity index is 1.79. The molecule has 2 amide bonds. The number of ether oxygens (including phenoxy) is 1. The smallest absolute Gasteiger partial charge is 0.263 e. The number of aromatic nitrogens is 1. The number of carbonyl (C=O) groups is 2. The van der Waals surface area contributed by atoms with Crippen molar-refractivity contribution >= 4 is 43.2 Å². The fraction of sp³-hybridized carbons (Fsp3) is 0.571. The maximum Gasteiger partial charge on any atom is 0.263 e. The van der Waals surface area contributed by atoms with Crippen LogP contribution in [0.4, 0.5) is 0 Å². The molecular formula is C21H29N3O5S2. The number of nitrogens with zero attached hydrogens (tertiary/aromatic N) is 3. The van der Waals surface area contributed by atoms with Crippen LogP contribution in [0, 0.1) is 6.92 Å². The van der Waals surface area contributed by atoms with Crippen LogP contribution in [0.25, 0.3) is 10.2 Å². The molecule has 2 heterocycles. The number of fused-ring (bicyclic) bond motifs is 1. The average Bonchev–Trinajstić information content (AvgIpc) is 3.01. The van der Waals surface area contributed by atoms with Crippen LogP contribution >= 0.6 is 11.3 Å². The summed E-state index contributed by atoms with van der Waals surface area (Å²) in [5.74, 6) is -2.65. The SMILES string of the molecule is COCCn1c(=NC(=O)CS(=O)(=O)CC(=O)N2CCCCC2C)sc2cc(C)ccc21. The molecule has 0 N–H and O–H groups in total. The van der Waals surface area contributed by atoms with Gasteiger partial charge in [-0.15, -0.1) is 0 Å². The van der Waals surface area contributed by atoms with Gasteiger partial charge in [0.2, 0.25) is 5.91 Å². The maximum absolute atomic E-state index is 12.5. The summed E-state index contributed by atoms with van der Waals surface area (Å²) in [4.78, 5) is 31.1. The molecule has 170 valence electrons. The van der Waals surface area contributed by atoms with Gasteiger partial charge in [-0.2, -0.15) is 4.99 Å². The third-order valence-corrected chi connectivity index (χ3v) is 7.80. The molecule has 0 saturated carbocycles. The number of methoxy groups -OCH3 is 1. The first-order valence-electron chi connectivity index (χ1n) is 10.4. The van der Waals surface area contributed by atoms with Gasteiger partial charge in [0.1, 0.15) is 11.5 Å². The lowest BCUT2D eigenvalue weighted by atomic mass is 10.0. The molecule has 1 aliphatic heterocycles. The van der Waals surface area contributed by atoms with E-state index in [1.54, 1.807) is 12.0 Å². The molecule has 0 spiro atoms. The van der Waals surface area contributed by atoms with Crippen LogP contribution in [0.2, 0.25) is 0 Å². The molecule has 1 aromatic heterocycles. The van der Waals surface area contributed by atoms with E-state index in [0.29, 0.717) is 24.5 Å². The van der Waals surface area contributed by atoms with Crippen molar-refractivity contribution in [3.8, 4) is 0 Å². The molecule has 1 saturated heterocycles. The van der Waals surface area contributed by atoms with Crippen molar-refractivity contribution in [1.82, 2.24) is 9.47 Å². The number of aryl methyl sites for hydroxylation is 1. The summed E-state index contributed by atoms with van der Waals surface area (Å²) in [6.45, 7) is 5.39. The third-order valence-electron chi connectivity index (χ3n) is 5.39. The monoisotopic (exact) mass is 467 g/mol. The summed E-state index contributed by atoms with van der Waals surface area (Å²) < 4.78 is 33.0. The van der Waals surface area contributed by atoms with E-state index in [-0.39, 0.29) is 6.04 Å². The minimum atomic E-state index is -3.90. The van der Waals surface area contributed by atoms with Gasteiger partial charge in [0, 0.05) is 26.2 Å². The average molecular weight is 468 g/mol. The van der Waals surface area contributed by atoms with E-state index in [1.165, 1.54) is 11.3 Å². The van der Waals surface area contributed by atoms with Gasteiger partial charge in [-0.3, -0.25) is 9.59 Å². The van der Waals surface area contributed by atoms with Gasteiger partial charge in [-0.25, -0.2) is 8.42 Å². The predicted octanol–water partition coefficient (Wildman–Crippen LogP) is 1.90. The Hall–Kier alpha value is -2.04. The number of carbonyl (C=O) groups excluding carboxylic acids is 2. The number of thiazole rings is 1. The van der Waals surface area contributed by atoms with Crippen LogP contribution in [0.15, 0.2) is 23.2 Å². The van der Waals surface area contributed by atoms with Gasteiger partial charge in [0.25, 0.3) is 5.91 Å². The summed E-state index contributed by atoms with van der Waals surface area (Å²) in [7, 11) is -2.31. The Morgan fingerprint density at radius 2 is 2.03 bits per heavy atom. The minimum absolute atomic E-state index is 0.0265. The number of benzene rings is 1. The van der Waals surface area contributed by atoms with Crippen molar-refractivity contribution in [2.45, 2.75) is 45.7 Å². The standard InChI is InChI=1S/C21H29N3O5S2/c1-15-7-8-17-18(12-15)30-21(24(17)10-11-29-3)22-19(25)13-31(27,28)14-20(26)23-9-5-4-6-16(23)2/h7-8,12,16H,4-6,9-11,13-14H2,1-3H3. The maximum atomic E-state index is 12.5. The molecule has 2 aromatic rings. The van der Waals surface area contributed by atoms with Crippen LogP contribution < -0.4 is 4.80 Å². The largest absolute Gasteiger partial charge is 0.383 e. The lowest BCUT2D eigenvalue weighted by Crippen LogP contribution is -2.45. The highest BCUT2D eigenvalue weighted by Crippen LogP contribution is 2.19. The van der Waals surface area contributed by atoms with E-state index >= 15 is 0 Å². The molecule has 0 aliphatic carbocycles. The molecule has 31 heavy (non-hydrogen) atoms. The summed E-state index contributed by atoms with van der Waals surface area (Å²) in [5.41, 5.74) is 2.00. The molecule has 8 nitrogen and oxygen atoms in total. The number of likely N-dealkylation sites (tertiary alicyclic amines) is 1. The minimum Gasteiger partial charge on any atom is -0.383 e. The van der Waals surface area contributed by atoms with Gasteiger partial charge in [-0.05, 0) is 50.8 Å². The van der Waals surface area contributed by atoms with Crippen LogP contribution in [0.5, 0.6) is 0 Å². The topological polar surface area (TPSA) is 98.0 Å². The second kappa shape index (κ2) is 10.1. The first-order chi connectivity index (χ1) is 14.7. The first kappa shape index (κ1) is 23.6. The molecule has 1 aliphatic rings. The Bertz CT molecular complexity index is 1130. The van der Waals surface area contributed by atoms with Crippen LogP contribution in [-0.4, -0.2) is 67.5 Å². The quantitative estimate of drug-likeness (QED) is 0.619. The molecular weight excluding hydrogens is 438 g/mol. The van der Waals surface area contributed by atoms with Crippen molar-refractivity contribution in [3.05, 3.63) is 28.6 Å². The van der Waals surface area contributed by atoms with Crippen molar-refractivity contribution in [2.24, 2.45) is 4.99 Å². The number of sulfone groups is 1. The highest BCUT2D eigenvalue weighted by molar-refractivity contribution is 7.92. The fourth-order valence-corrected chi connectivity index (χ4v) is 6.04. The molecule has 1 unspecified atom stereocenters. The van der Waals surface area contributed by atoms with Gasteiger partial charge in [0.15, 0.2) is 14.6 Å². The number of piperidine rings is 1. The van der Waals surface area contributed by atoms with Crippen LogP contribution in [-0.2, 0) is 30.7 Å². The number of amides is 2. The molecule has 3 rings (SSSR count). The van der Waals surface area contributed by atoms with Crippen LogP contribution in [0.1, 0.15) is 31.7 Å². The van der Waals surface area contributed by atoms with E-state index in [1.807, 2.05) is 36.6 Å². The number of hydrogen-bond donors (Lipinski definition) is 0. The van der Waals surface area contributed by atoms with Crippen LogP contribution in [0.3, 0.4) is 0 Å². The normalized spacial score (nSPS) is 18.0. The molecule has 10 heteroatoms. The Morgan fingerprint density at radius 1 is 1.26 bits per heavy atom. The fourth-order valence-electron chi connectivity index (χ4n) is 3.78. The summed E-state index contributed by atoms with van der Waals surface area (Å²) in [5, 5.41) is 0. The highest BCUT2D eigenvalue weighted by Gasteiger charge is 2.28. The van der Waals surface area contributed by atoms with Gasteiger partial charge < -0.3 is 14.2 Å². The van der Waals surface area contributed by atoms with Crippen molar-refractivity contribution in [1.29, 1.82) is 0 Å². The Labute approximate surface area is 186 Å². The first-order valence-corrected chi connectivity index (χ1v) is 13.0. The van der Waals surface area contributed by atoms with E-state index in [2.05, 4.69) is 4.99 Å². The second-order valence-corrected chi connectivity index (χ2v) is 11.0. The van der Waals surface area contributed by atoms with Gasteiger partial charge in [0.05, 0.1) is 16.8 Å². The zero-order chi connectivity index (χ0) is 22.6. The number of rotatable bonds is 7. The zero-order valence-electron chi connectivity index (χ0n) is 18.2. The molecule has 1 aromatic carbocycles. The van der Waals surface area contributed by atoms with Crippen molar-refractivity contribution < 1.29 is 22.7 Å². The third kappa shape index (κ3) is 6.02. The second-order valence-electron chi connectivity index (χ2n) is 7.97. The van der Waals surface area contributed by atoms with E-state index in [9.17, 15) is 18.0 Å².